The fraction of sp³-hybridized carbons (Fsp3) is 0.188. The average Bonchev–Trinajstić information content (AvgIpc) is 2.47. The summed E-state index contributed by atoms with van der Waals surface area (Å²) < 4.78 is 13.2. The summed E-state index contributed by atoms with van der Waals surface area (Å²) in [5, 5.41) is 5.84. The SMILES string of the molecule is CNc1ccc(C(=O)NC(C)c2cccc(F)c2)cc1. The molecule has 0 bridgehead atoms. The van der Waals surface area contributed by atoms with Gasteiger partial charge in [-0.1, -0.05) is 12.1 Å². The van der Waals surface area contributed by atoms with Crippen LogP contribution in [0.2, 0.25) is 0 Å². The van der Waals surface area contributed by atoms with Gasteiger partial charge in [-0.05, 0) is 48.9 Å². The van der Waals surface area contributed by atoms with E-state index in [0.717, 1.165) is 11.3 Å². The van der Waals surface area contributed by atoms with E-state index in [0.29, 0.717) is 5.56 Å². The molecule has 0 aliphatic carbocycles. The van der Waals surface area contributed by atoms with Crippen LogP contribution in [-0.2, 0) is 0 Å². The number of nitrogens with one attached hydrogen (secondary N) is 2. The molecule has 0 spiro atoms. The van der Waals surface area contributed by atoms with Crippen LogP contribution in [0, 0.1) is 5.82 Å². The standard InChI is InChI=1S/C16H17FN2O/c1-11(13-4-3-5-14(17)10-13)19-16(20)12-6-8-15(18-2)9-7-12/h3-11,18H,1-2H3,(H,19,20). The lowest BCUT2D eigenvalue weighted by Gasteiger charge is -2.14. The fourth-order valence-corrected chi connectivity index (χ4v) is 1.93. The molecule has 20 heavy (non-hydrogen) atoms. The molecular formula is C16H17FN2O. The lowest BCUT2D eigenvalue weighted by Crippen LogP contribution is -2.26. The number of carbonyl (C=O) groups excluding carboxylic acids is 1. The van der Waals surface area contributed by atoms with E-state index in [1.54, 1.807) is 24.3 Å². The van der Waals surface area contributed by atoms with Crippen LogP contribution in [0.3, 0.4) is 0 Å². The molecule has 4 heteroatoms. The monoisotopic (exact) mass is 272 g/mol. The van der Waals surface area contributed by atoms with Gasteiger partial charge in [0.15, 0.2) is 0 Å². The van der Waals surface area contributed by atoms with Crippen LogP contribution >= 0.6 is 0 Å². The first-order valence-electron chi connectivity index (χ1n) is 6.44. The Bertz CT molecular complexity index is 596. The van der Waals surface area contributed by atoms with Gasteiger partial charge in [0.25, 0.3) is 5.91 Å². The fourth-order valence-electron chi connectivity index (χ4n) is 1.93. The summed E-state index contributed by atoms with van der Waals surface area (Å²) in [6.45, 7) is 1.83. The van der Waals surface area contributed by atoms with E-state index in [9.17, 15) is 9.18 Å². The van der Waals surface area contributed by atoms with Gasteiger partial charge in [0.1, 0.15) is 5.82 Å². The average molecular weight is 272 g/mol. The quantitative estimate of drug-likeness (QED) is 0.896. The van der Waals surface area contributed by atoms with Gasteiger partial charge in [-0.25, -0.2) is 4.39 Å². The molecule has 2 aromatic carbocycles. The van der Waals surface area contributed by atoms with Crippen molar-refractivity contribution in [1.82, 2.24) is 5.32 Å². The highest BCUT2D eigenvalue weighted by atomic mass is 19.1. The van der Waals surface area contributed by atoms with Gasteiger partial charge in [0.05, 0.1) is 6.04 Å². The third-order valence-corrected chi connectivity index (χ3v) is 3.13. The third kappa shape index (κ3) is 3.35. The van der Waals surface area contributed by atoms with Crippen LogP contribution in [0.25, 0.3) is 0 Å². The highest BCUT2D eigenvalue weighted by molar-refractivity contribution is 5.94. The van der Waals surface area contributed by atoms with Crippen LogP contribution in [0.5, 0.6) is 0 Å². The summed E-state index contributed by atoms with van der Waals surface area (Å²) in [4.78, 5) is 12.1. The Kier molecular flexibility index (Phi) is 4.35. The van der Waals surface area contributed by atoms with Crippen molar-refractivity contribution in [2.75, 3.05) is 12.4 Å². The van der Waals surface area contributed by atoms with Crippen molar-refractivity contribution in [2.45, 2.75) is 13.0 Å². The Morgan fingerprint density at radius 1 is 1.15 bits per heavy atom. The van der Waals surface area contributed by atoms with E-state index in [1.165, 1.54) is 12.1 Å². The zero-order valence-electron chi connectivity index (χ0n) is 11.5. The van der Waals surface area contributed by atoms with Crippen LogP contribution < -0.4 is 10.6 Å². The zero-order chi connectivity index (χ0) is 14.5. The molecule has 2 rings (SSSR count). The van der Waals surface area contributed by atoms with Crippen LogP contribution in [-0.4, -0.2) is 13.0 Å². The van der Waals surface area contributed by atoms with Gasteiger partial charge in [0, 0.05) is 18.3 Å². The Morgan fingerprint density at radius 2 is 1.85 bits per heavy atom. The second-order valence-corrected chi connectivity index (χ2v) is 4.58. The lowest BCUT2D eigenvalue weighted by molar-refractivity contribution is 0.0940. The smallest absolute Gasteiger partial charge is 0.251 e. The molecular weight excluding hydrogens is 255 g/mol. The van der Waals surface area contributed by atoms with Crippen molar-refractivity contribution >= 4 is 11.6 Å². The number of rotatable bonds is 4. The van der Waals surface area contributed by atoms with Crippen LogP contribution in [0.1, 0.15) is 28.9 Å². The summed E-state index contributed by atoms with van der Waals surface area (Å²) in [7, 11) is 1.82. The molecule has 3 nitrogen and oxygen atoms in total. The van der Waals surface area contributed by atoms with Crippen molar-refractivity contribution < 1.29 is 9.18 Å². The summed E-state index contributed by atoms with van der Waals surface area (Å²) >= 11 is 0. The maximum atomic E-state index is 13.2. The number of hydrogen-bond acceptors (Lipinski definition) is 2. The summed E-state index contributed by atoms with van der Waals surface area (Å²) in [5.74, 6) is -0.480. The molecule has 0 aliphatic heterocycles. The summed E-state index contributed by atoms with van der Waals surface area (Å²) in [6, 6.07) is 13.2. The third-order valence-electron chi connectivity index (χ3n) is 3.13. The number of hydrogen-bond donors (Lipinski definition) is 2. The largest absolute Gasteiger partial charge is 0.388 e. The second-order valence-electron chi connectivity index (χ2n) is 4.58. The molecule has 1 amide bonds. The van der Waals surface area contributed by atoms with Gasteiger partial charge in [-0.3, -0.25) is 4.79 Å². The molecule has 1 unspecified atom stereocenters. The Hall–Kier alpha value is -2.36. The molecule has 2 N–H and O–H groups in total. The predicted molar refractivity (Wildman–Crippen MR) is 78.3 cm³/mol. The molecule has 104 valence electrons. The highest BCUT2D eigenvalue weighted by Gasteiger charge is 2.11. The molecule has 1 atom stereocenters. The first kappa shape index (κ1) is 14.1. The molecule has 0 saturated carbocycles. The minimum atomic E-state index is -0.304. The Balaban J connectivity index is 2.06. The van der Waals surface area contributed by atoms with Gasteiger partial charge >= 0.3 is 0 Å². The molecule has 0 aliphatic rings. The van der Waals surface area contributed by atoms with E-state index < -0.39 is 0 Å². The first-order valence-corrected chi connectivity index (χ1v) is 6.44. The molecule has 0 fully saturated rings. The summed E-state index contributed by atoms with van der Waals surface area (Å²) in [5.41, 5.74) is 2.26. The van der Waals surface area contributed by atoms with Crippen molar-refractivity contribution in [3.05, 3.63) is 65.5 Å². The minimum Gasteiger partial charge on any atom is -0.388 e. The topological polar surface area (TPSA) is 41.1 Å². The van der Waals surface area contributed by atoms with E-state index in [2.05, 4.69) is 10.6 Å². The van der Waals surface area contributed by atoms with Gasteiger partial charge in [0.2, 0.25) is 0 Å². The van der Waals surface area contributed by atoms with E-state index in [-0.39, 0.29) is 17.8 Å². The molecule has 0 radical (unpaired) electrons. The number of halogens is 1. The van der Waals surface area contributed by atoms with Crippen molar-refractivity contribution in [2.24, 2.45) is 0 Å². The molecule has 2 aromatic rings. The van der Waals surface area contributed by atoms with Gasteiger partial charge in [-0.2, -0.15) is 0 Å². The predicted octanol–water partition coefficient (Wildman–Crippen LogP) is 3.36. The number of benzene rings is 2. The highest BCUT2D eigenvalue weighted by Crippen LogP contribution is 2.15. The Morgan fingerprint density at radius 3 is 2.45 bits per heavy atom. The lowest BCUT2D eigenvalue weighted by atomic mass is 10.1. The van der Waals surface area contributed by atoms with Gasteiger partial charge in [-0.15, -0.1) is 0 Å². The maximum absolute atomic E-state index is 13.2. The van der Waals surface area contributed by atoms with E-state index in [1.807, 2.05) is 26.1 Å². The van der Waals surface area contributed by atoms with E-state index >= 15 is 0 Å². The first-order chi connectivity index (χ1) is 9.60. The van der Waals surface area contributed by atoms with Gasteiger partial charge < -0.3 is 10.6 Å². The van der Waals surface area contributed by atoms with Crippen LogP contribution in [0.4, 0.5) is 10.1 Å². The second kappa shape index (κ2) is 6.19. The number of anilines is 1. The molecule has 0 saturated heterocycles. The van der Waals surface area contributed by atoms with E-state index in [4.69, 9.17) is 0 Å². The van der Waals surface area contributed by atoms with Crippen LogP contribution in [0.15, 0.2) is 48.5 Å². The number of carbonyl (C=O) groups is 1. The molecule has 0 heterocycles. The van der Waals surface area contributed by atoms with Crippen molar-refractivity contribution in [3.8, 4) is 0 Å². The zero-order valence-corrected chi connectivity index (χ0v) is 11.5. The summed E-state index contributed by atoms with van der Waals surface area (Å²) in [6.07, 6.45) is 0. The molecule has 0 aromatic heterocycles. The van der Waals surface area contributed by atoms with Crippen molar-refractivity contribution in [3.63, 3.8) is 0 Å². The minimum absolute atomic E-state index is 0.176. The number of amides is 1. The normalized spacial score (nSPS) is 11.8. The maximum Gasteiger partial charge on any atom is 0.251 e. The Labute approximate surface area is 117 Å². The van der Waals surface area contributed by atoms with Crippen molar-refractivity contribution in [1.29, 1.82) is 0 Å².